The van der Waals surface area contributed by atoms with Gasteiger partial charge in [0.05, 0.1) is 5.69 Å². The van der Waals surface area contributed by atoms with Crippen LogP contribution in [-0.2, 0) is 0 Å². The summed E-state index contributed by atoms with van der Waals surface area (Å²) in [6.45, 7) is 2.08. The lowest BCUT2D eigenvalue weighted by Gasteiger charge is -2.15. The average molecular weight is 252 g/mol. The van der Waals surface area contributed by atoms with Gasteiger partial charge in [-0.1, -0.05) is 25.1 Å². The van der Waals surface area contributed by atoms with Crippen LogP contribution in [0.25, 0.3) is 0 Å². The highest BCUT2D eigenvalue weighted by Gasteiger charge is 2.23. The van der Waals surface area contributed by atoms with E-state index in [1.54, 1.807) is 12.1 Å². The third-order valence-corrected chi connectivity index (χ3v) is 3.28. The van der Waals surface area contributed by atoms with Crippen molar-refractivity contribution in [3.05, 3.63) is 29.6 Å². The topological polar surface area (TPSA) is 38.0 Å². The molecule has 1 aliphatic rings. The molecule has 0 amide bonds. The van der Waals surface area contributed by atoms with Crippen molar-refractivity contribution in [3.63, 3.8) is 0 Å². The van der Waals surface area contributed by atoms with Crippen LogP contribution in [0.15, 0.2) is 18.2 Å². The van der Waals surface area contributed by atoms with E-state index in [1.165, 1.54) is 18.9 Å². The summed E-state index contributed by atoms with van der Waals surface area (Å²) in [5, 5.41) is 3.19. The van der Waals surface area contributed by atoms with Gasteiger partial charge in [0.25, 0.3) is 0 Å². The first kappa shape index (κ1) is 12.3. The van der Waals surface area contributed by atoms with Gasteiger partial charge in [-0.2, -0.15) is 0 Å². The fourth-order valence-corrected chi connectivity index (χ4v) is 2.09. The minimum absolute atomic E-state index is 0.224. The Labute approximate surface area is 106 Å². The summed E-state index contributed by atoms with van der Waals surface area (Å²) in [7, 11) is 0. The Bertz CT molecular complexity index is 429. The molecule has 0 spiro atoms. The number of halogens is 1. The molecule has 1 unspecified atom stereocenters. The first-order valence-electron chi connectivity index (χ1n) is 5.92. The Morgan fingerprint density at radius 1 is 1.59 bits per heavy atom. The molecule has 1 fully saturated rings. The van der Waals surface area contributed by atoms with Crippen molar-refractivity contribution in [2.45, 2.75) is 32.2 Å². The van der Waals surface area contributed by atoms with Crippen molar-refractivity contribution in [3.8, 4) is 0 Å². The zero-order chi connectivity index (χ0) is 12.4. The summed E-state index contributed by atoms with van der Waals surface area (Å²) < 4.78 is 13.7. The van der Waals surface area contributed by atoms with Gasteiger partial charge < -0.3 is 11.1 Å². The molecule has 92 valence electrons. The molecular formula is C13H17FN2S. The number of hydrogen-bond acceptors (Lipinski definition) is 2. The molecule has 2 nitrogen and oxygen atoms in total. The predicted octanol–water partition coefficient (Wildman–Crippen LogP) is 3.06. The second-order valence-corrected chi connectivity index (χ2v) is 5.22. The van der Waals surface area contributed by atoms with E-state index in [0.29, 0.717) is 17.3 Å². The Hall–Kier alpha value is -1.16. The molecule has 1 aromatic carbocycles. The van der Waals surface area contributed by atoms with E-state index in [-0.39, 0.29) is 10.8 Å². The molecule has 0 heterocycles. The van der Waals surface area contributed by atoms with E-state index in [9.17, 15) is 4.39 Å². The largest absolute Gasteiger partial charge is 0.389 e. The summed E-state index contributed by atoms with van der Waals surface area (Å²) in [5.41, 5.74) is 6.55. The molecule has 1 atom stereocenters. The van der Waals surface area contributed by atoms with Crippen LogP contribution in [-0.4, -0.2) is 11.0 Å². The van der Waals surface area contributed by atoms with E-state index >= 15 is 0 Å². The molecule has 3 N–H and O–H groups in total. The van der Waals surface area contributed by atoms with Gasteiger partial charge in [0.2, 0.25) is 0 Å². The summed E-state index contributed by atoms with van der Waals surface area (Å²) in [6, 6.07) is 5.13. The van der Waals surface area contributed by atoms with E-state index in [4.69, 9.17) is 18.0 Å². The van der Waals surface area contributed by atoms with E-state index in [2.05, 4.69) is 12.2 Å². The van der Waals surface area contributed by atoms with Crippen LogP contribution in [0.2, 0.25) is 0 Å². The van der Waals surface area contributed by atoms with Crippen molar-refractivity contribution in [1.82, 2.24) is 0 Å². The van der Waals surface area contributed by atoms with Crippen molar-refractivity contribution in [2.75, 3.05) is 5.32 Å². The molecule has 17 heavy (non-hydrogen) atoms. The molecule has 0 aliphatic heterocycles. The Morgan fingerprint density at radius 2 is 2.29 bits per heavy atom. The van der Waals surface area contributed by atoms with Gasteiger partial charge in [-0.25, -0.2) is 4.39 Å². The summed E-state index contributed by atoms with van der Waals surface area (Å²) in [5.74, 6) is 0.536. The number of hydrogen-bond donors (Lipinski definition) is 2. The van der Waals surface area contributed by atoms with Crippen LogP contribution < -0.4 is 11.1 Å². The van der Waals surface area contributed by atoms with Crippen LogP contribution >= 0.6 is 12.2 Å². The highest BCUT2D eigenvalue weighted by Crippen LogP contribution is 2.34. The third-order valence-electron chi connectivity index (χ3n) is 3.04. The maximum atomic E-state index is 13.7. The van der Waals surface area contributed by atoms with Gasteiger partial charge in [-0.3, -0.25) is 0 Å². The lowest BCUT2D eigenvalue weighted by Crippen LogP contribution is -2.17. The van der Waals surface area contributed by atoms with E-state index < -0.39 is 0 Å². The minimum atomic E-state index is -0.294. The molecule has 4 heteroatoms. The summed E-state index contributed by atoms with van der Waals surface area (Å²) in [6.07, 6.45) is 3.74. The lowest BCUT2D eigenvalue weighted by molar-refractivity contribution is 0.610. The highest BCUT2D eigenvalue weighted by molar-refractivity contribution is 7.80. The Morgan fingerprint density at radius 3 is 2.82 bits per heavy atom. The highest BCUT2D eigenvalue weighted by atomic mass is 32.1. The number of benzene rings is 1. The van der Waals surface area contributed by atoms with Gasteiger partial charge in [0, 0.05) is 11.6 Å². The maximum Gasteiger partial charge on any atom is 0.146 e. The molecule has 2 rings (SSSR count). The molecule has 1 aliphatic carbocycles. The number of thiocarbonyl (C=S) groups is 1. The predicted molar refractivity (Wildman–Crippen MR) is 72.7 cm³/mol. The molecule has 0 aromatic heterocycles. The Balaban J connectivity index is 2.02. The normalized spacial score (nSPS) is 16.6. The van der Waals surface area contributed by atoms with Gasteiger partial charge >= 0.3 is 0 Å². The van der Waals surface area contributed by atoms with Crippen molar-refractivity contribution in [1.29, 1.82) is 0 Å². The van der Waals surface area contributed by atoms with Gasteiger partial charge in [0.15, 0.2) is 0 Å². The van der Waals surface area contributed by atoms with Gasteiger partial charge in [-0.05, 0) is 37.5 Å². The van der Waals surface area contributed by atoms with Crippen molar-refractivity contribution in [2.24, 2.45) is 11.7 Å². The van der Waals surface area contributed by atoms with Crippen LogP contribution in [0.5, 0.6) is 0 Å². The average Bonchev–Trinajstić information content (AvgIpc) is 3.04. The molecule has 0 radical (unpaired) electrons. The molecule has 1 saturated carbocycles. The van der Waals surface area contributed by atoms with Crippen LogP contribution in [0.3, 0.4) is 0 Å². The smallest absolute Gasteiger partial charge is 0.146 e. The fraction of sp³-hybridized carbons (Fsp3) is 0.462. The van der Waals surface area contributed by atoms with E-state index in [0.717, 1.165) is 12.3 Å². The van der Waals surface area contributed by atoms with Crippen LogP contribution in [0.4, 0.5) is 10.1 Å². The first-order chi connectivity index (χ1) is 8.06. The lowest BCUT2D eigenvalue weighted by atomic mass is 10.1. The van der Waals surface area contributed by atoms with Gasteiger partial charge in [-0.15, -0.1) is 0 Å². The van der Waals surface area contributed by atoms with Crippen molar-refractivity contribution >= 4 is 22.9 Å². The fourth-order valence-electron chi connectivity index (χ4n) is 1.96. The van der Waals surface area contributed by atoms with Crippen molar-refractivity contribution < 1.29 is 4.39 Å². The SMILES string of the molecule is CC(CC1CC1)Nc1ccc(C(N)=S)cc1F. The van der Waals surface area contributed by atoms with Crippen LogP contribution in [0.1, 0.15) is 31.7 Å². The second-order valence-electron chi connectivity index (χ2n) is 4.78. The quantitative estimate of drug-likeness (QED) is 0.791. The number of nitrogens with two attached hydrogens (primary N) is 1. The second kappa shape index (κ2) is 5.00. The maximum absolute atomic E-state index is 13.7. The zero-order valence-corrected chi connectivity index (χ0v) is 10.7. The Kier molecular flexibility index (Phi) is 3.62. The minimum Gasteiger partial charge on any atom is -0.389 e. The summed E-state index contributed by atoms with van der Waals surface area (Å²) in [4.78, 5) is 0.224. The first-order valence-corrected chi connectivity index (χ1v) is 6.33. The molecule has 0 saturated heterocycles. The third kappa shape index (κ3) is 3.40. The van der Waals surface area contributed by atoms with Gasteiger partial charge in [0.1, 0.15) is 10.8 Å². The zero-order valence-electron chi connectivity index (χ0n) is 9.87. The number of nitrogens with one attached hydrogen (secondary N) is 1. The van der Waals surface area contributed by atoms with Crippen LogP contribution in [0, 0.1) is 11.7 Å². The summed E-state index contributed by atoms with van der Waals surface area (Å²) >= 11 is 4.81. The standard InChI is InChI=1S/C13H17FN2S/c1-8(6-9-2-3-9)16-12-5-4-10(13(15)17)7-11(12)14/h4-5,7-9,16H,2-3,6H2,1H3,(H2,15,17). The number of anilines is 1. The van der Waals surface area contributed by atoms with E-state index in [1.807, 2.05) is 0 Å². The monoisotopic (exact) mass is 252 g/mol. The number of rotatable bonds is 5. The molecule has 0 bridgehead atoms. The molecular weight excluding hydrogens is 235 g/mol. The molecule has 1 aromatic rings.